The monoisotopic (exact) mass is 528 g/mol. The zero-order valence-electron chi connectivity index (χ0n) is 19.2. The number of hydrogen-bond donors (Lipinski definition) is 3. The van der Waals surface area contributed by atoms with Gasteiger partial charge in [0.05, 0.1) is 18.5 Å². The van der Waals surface area contributed by atoms with Crippen LogP contribution in [0.15, 0.2) is 54.9 Å². The molecule has 0 aliphatic carbocycles. The number of nitrogens with two attached hydrogens (primary N) is 1. The molecule has 2 aromatic heterocycles. The number of carbonyl (C=O) groups excluding carboxylic acids is 1. The third-order valence-corrected chi connectivity index (χ3v) is 4.92. The Bertz CT molecular complexity index is 1530. The minimum absolute atomic E-state index is 0.0736. The van der Waals surface area contributed by atoms with E-state index in [1.54, 1.807) is 6.07 Å². The van der Waals surface area contributed by atoms with Crippen molar-refractivity contribution in [1.82, 2.24) is 19.7 Å². The molecule has 4 N–H and O–H groups in total. The molecule has 0 saturated heterocycles. The molecule has 0 saturated carbocycles. The normalized spacial score (nSPS) is 10.9. The van der Waals surface area contributed by atoms with Crippen molar-refractivity contribution in [1.29, 1.82) is 5.26 Å². The smallest absolute Gasteiger partial charge is 0.435 e. The molecule has 194 valence electrons. The quantitative estimate of drug-likeness (QED) is 0.304. The topological polar surface area (TPSA) is 153 Å². The Labute approximate surface area is 211 Å². The predicted molar refractivity (Wildman–Crippen MR) is 125 cm³/mol. The molecule has 2 heterocycles. The van der Waals surface area contributed by atoms with Crippen molar-refractivity contribution in [3.63, 3.8) is 0 Å². The Morgan fingerprint density at radius 3 is 2.42 bits per heavy atom. The number of nitriles is 1. The highest BCUT2D eigenvalue weighted by Gasteiger charge is 2.35. The molecule has 0 radical (unpaired) electrons. The van der Waals surface area contributed by atoms with Crippen LogP contribution in [0, 0.1) is 17.1 Å². The fourth-order valence-corrected chi connectivity index (χ4v) is 3.14. The van der Waals surface area contributed by atoms with E-state index in [1.165, 1.54) is 37.4 Å². The van der Waals surface area contributed by atoms with Crippen molar-refractivity contribution in [3.05, 3.63) is 71.9 Å². The Kier molecular flexibility index (Phi) is 6.97. The maximum Gasteiger partial charge on any atom is 0.435 e. The number of aromatic nitrogens is 4. The van der Waals surface area contributed by atoms with Crippen molar-refractivity contribution in [2.75, 3.05) is 23.5 Å². The molecule has 2 aromatic carbocycles. The van der Waals surface area contributed by atoms with E-state index in [9.17, 15) is 22.4 Å². The first-order chi connectivity index (χ1) is 18.1. The number of anilines is 3. The van der Waals surface area contributed by atoms with Gasteiger partial charge in [-0.25, -0.2) is 23.8 Å². The van der Waals surface area contributed by atoms with E-state index in [1.807, 2.05) is 0 Å². The molecule has 4 rings (SSSR count). The zero-order valence-corrected chi connectivity index (χ0v) is 19.2. The average Bonchev–Trinajstić information content (AvgIpc) is 3.30. The van der Waals surface area contributed by atoms with Gasteiger partial charge >= 0.3 is 12.2 Å². The molecule has 0 atom stereocenters. The molecule has 2 amide bonds. The van der Waals surface area contributed by atoms with Gasteiger partial charge < -0.3 is 20.5 Å². The van der Waals surface area contributed by atoms with Crippen LogP contribution in [-0.2, 0) is 6.18 Å². The lowest BCUT2D eigenvalue weighted by atomic mass is 10.3. The summed E-state index contributed by atoms with van der Waals surface area (Å²) in [5.74, 6) is -1.22. The summed E-state index contributed by atoms with van der Waals surface area (Å²) in [6.07, 6.45) is -3.73. The molecule has 15 heteroatoms. The summed E-state index contributed by atoms with van der Waals surface area (Å²) in [6, 6.07) is 10.6. The van der Waals surface area contributed by atoms with Crippen LogP contribution in [0.3, 0.4) is 0 Å². The highest BCUT2D eigenvalue weighted by molar-refractivity contribution is 5.99. The van der Waals surface area contributed by atoms with Crippen molar-refractivity contribution in [2.24, 2.45) is 0 Å². The molecule has 11 nitrogen and oxygen atoms in total. The van der Waals surface area contributed by atoms with Gasteiger partial charge in [-0.2, -0.15) is 23.5 Å². The molecule has 0 bridgehead atoms. The van der Waals surface area contributed by atoms with E-state index in [0.29, 0.717) is 11.8 Å². The number of halogens is 4. The van der Waals surface area contributed by atoms with E-state index >= 15 is 0 Å². The number of urea groups is 1. The van der Waals surface area contributed by atoms with Crippen LogP contribution in [0.2, 0.25) is 0 Å². The summed E-state index contributed by atoms with van der Waals surface area (Å²) >= 11 is 0. The Hall–Kier alpha value is -5.39. The Morgan fingerprint density at radius 1 is 1.08 bits per heavy atom. The minimum Gasteiger partial charge on any atom is -0.497 e. The first-order valence-electron chi connectivity index (χ1n) is 10.5. The van der Waals surface area contributed by atoms with Gasteiger partial charge in [0.15, 0.2) is 11.3 Å². The van der Waals surface area contributed by atoms with Crippen LogP contribution in [0.4, 0.5) is 39.7 Å². The van der Waals surface area contributed by atoms with E-state index < -0.39 is 23.7 Å². The third kappa shape index (κ3) is 5.54. The van der Waals surface area contributed by atoms with Crippen LogP contribution >= 0.6 is 0 Å². The minimum atomic E-state index is -4.79. The number of amides is 2. The molecule has 0 aliphatic heterocycles. The van der Waals surface area contributed by atoms with Gasteiger partial charge in [-0.05, 0) is 36.4 Å². The zero-order chi connectivity index (χ0) is 27.4. The fraction of sp³-hybridized carbons (Fsp3) is 0.0870. The first-order valence-corrected chi connectivity index (χ1v) is 10.5. The molecular weight excluding hydrogens is 512 g/mol. The number of hydrogen-bond acceptors (Lipinski definition) is 8. The Morgan fingerprint density at radius 2 is 1.79 bits per heavy atom. The van der Waals surface area contributed by atoms with Gasteiger partial charge in [-0.3, -0.25) is 5.32 Å². The number of carbonyl (C=O) groups is 1. The maximum absolute atomic E-state index is 14.7. The van der Waals surface area contributed by atoms with Gasteiger partial charge in [-0.15, -0.1) is 0 Å². The second kappa shape index (κ2) is 10.3. The lowest BCUT2D eigenvalue weighted by molar-refractivity contribution is -0.141. The lowest BCUT2D eigenvalue weighted by Gasteiger charge is -2.12. The van der Waals surface area contributed by atoms with Crippen molar-refractivity contribution >= 4 is 23.4 Å². The van der Waals surface area contributed by atoms with Crippen LogP contribution in [-0.4, -0.2) is 32.9 Å². The van der Waals surface area contributed by atoms with Crippen LogP contribution in [0.5, 0.6) is 17.4 Å². The average molecular weight is 528 g/mol. The summed E-state index contributed by atoms with van der Waals surface area (Å²) < 4.78 is 65.9. The van der Waals surface area contributed by atoms with Gasteiger partial charge in [0, 0.05) is 12.1 Å². The largest absolute Gasteiger partial charge is 0.497 e. The molecule has 0 aliphatic rings. The van der Waals surface area contributed by atoms with Crippen molar-refractivity contribution < 1.29 is 31.8 Å². The fourth-order valence-electron chi connectivity index (χ4n) is 3.14. The highest BCUT2D eigenvalue weighted by atomic mass is 19.4. The van der Waals surface area contributed by atoms with Crippen LogP contribution in [0.1, 0.15) is 11.3 Å². The SMILES string of the molecule is COc1ccc(-n2nc(C(F)(F)F)cc2NC(=O)Nc2ccc(Oc3ncnc(N)c3C#N)cc2F)cc1. The van der Waals surface area contributed by atoms with Crippen molar-refractivity contribution in [3.8, 4) is 29.1 Å². The molecular formula is C23H16F4N8O3. The summed E-state index contributed by atoms with van der Waals surface area (Å²) in [6.45, 7) is 0. The summed E-state index contributed by atoms with van der Waals surface area (Å²) in [5, 5.41) is 17.1. The lowest BCUT2D eigenvalue weighted by Crippen LogP contribution is -2.22. The molecule has 4 aromatic rings. The number of nitrogen functional groups attached to an aromatic ring is 1. The number of ether oxygens (including phenoxy) is 2. The van der Waals surface area contributed by atoms with Gasteiger partial charge in [0.25, 0.3) is 0 Å². The number of nitrogens with one attached hydrogen (secondary N) is 2. The van der Waals surface area contributed by atoms with Crippen molar-refractivity contribution in [2.45, 2.75) is 6.18 Å². The second-order valence-electron chi connectivity index (χ2n) is 7.40. The molecule has 0 spiro atoms. The second-order valence-corrected chi connectivity index (χ2v) is 7.40. The summed E-state index contributed by atoms with van der Waals surface area (Å²) in [5.41, 5.74) is 4.07. The third-order valence-electron chi connectivity index (χ3n) is 4.92. The standard InChI is InChI=1S/C23H16F4N8O3/c1-37-13-4-2-12(3-5-13)35-19(9-18(34-35)23(25,26)27)33-22(36)32-17-7-6-14(8-16(17)24)38-21-15(10-28)20(29)30-11-31-21/h2-9,11H,1H3,(H2,29,30,31)(H2,32,33,36). The van der Waals surface area contributed by atoms with E-state index in [0.717, 1.165) is 23.1 Å². The van der Waals surface area contributed by atoms with Crippen LogP contribution < -0.4 is 25.8 Å². The summed E-state index contributed by atoms with van der Waals surface area (Å²) in [4.78, 5) is 20.0. The van der Waals surface area contributed by atoms with Gasteiger partial charge in [0.2, 0.25) is 5.88 Å². The molecule has 0 fully saturated rings. The van der Waals surface area contributed by atoms with E-state index in [2.05, 4.69) is 25.7 Å². The van der Waals surface area contributed by atoms with Crippen LogP contribution in [0.25, 0.3) is 5.69 Å². The first kappa shape index (κ1) is 25.7. The van der Waals surface area contributed by atoms with Gasteiger partial charge in [-0.1, -0.05) is 0 Å². The summed E-state index contributed by atoms with van der Waals surface area (Å²) in [7, 11) is 1.43. The van der Waals surface area contributed by atoms with E-state index in [4.69, 9.17) is 20.5 Å². The van der Waals surface area contributed by atoms with E-state index in [-0.39, 0.29) is 40.2 Å². The number of rotatable bonds is 6. The number of methoxy groups -OCH3 is 1. The number of alkyl halides is 3. The Balaban J connectivity index is 1.53. The predicted octanol–water partition coefficient (Wildman–Crippen LogP) is 4.72. The highest BCUT2D eigenvalue weighted by Crippen LogP contribution is 2.32. The molecule has 0 unspecified atom stereocenters. The number of nitrogens with zero attached hydrogens (tertiary/aromatic N) is 5. The maximum atomic E-state index is 14.7. The molecule has 38 heavy (non-hydrogen) atoms. The van der Waals surface area contributed by atoms with Gasteiger partial charge in [0.1, 0.15) is 41.3 Å². The number of benzene rings is 2.